The fraction of sp³-hybridized carbons (Fsp3) is 0.562. The molecule has 0 aliphatic heterocycles. The molecule has 4 nitrogen and oxygen atoms in total. The Morgan fingerprint density at radius 3 is 2.48 bits per heavy atom. The molecular formula is C16H26FN3O. The minimum atomic E-state index is -0.362. The van der Waals surface area contributed by atoms with Crippen LogP contribution in [0.15, 0.2) is 24.3 Å². The molecule has 118 valence electrons. The van der Waals surface area contributed by atoms with Gasteiger partial charge in [0, 0.05) is 17.8 Å². The van der Waals surface area contributed by atoms with E-state index in [4.69, 9.17) is 5.73 Å². The molecule has 0 aliphatic carbocycles. The Balaban J connectivity index is 2.74. The minimum absolute atomic E-state index is 0.151. The van der Waals surface area contributed by atoms with Crippen molar-refractivity contribution in [2.24, 2.45) is 5.73 Å². The zero-order valence-electron chi connectivity index (χ0n) is 13.2. The average molecular weight is 295 g/mol. The summed E-state index contributed by atoms with van der Waals surface area (Å²) in [6.45, 7) is 7.71. The number of carbonyl (C=O) groups is 1. The van der Waals surface area contributed by atoms with Crippen molar-refractivity contribution in [3.63, 3.8) is 0 Å². The number of nitrogens with two attached hydrogens (primary N) is 1. The van der Waals surface area contributed by atoms with Crippen molar-refractivity contribution in [1.82, 2.24) is 4.90 Å². The number of benzene rings is 1. The molecule has 0 aliphatic rings. The molecule has 0 saturated heterocycles. The zero-order chi connectivity index (χ0) is 15.9. The van der Waals surface area contributed by atoms with E-state index in [-0.39, 0.29) is 23.8 Å². The second-order valence-corrected chi connectivity index (χ2v) is 5.21. The van der Waals surface area contributed by atoms with Crippen LogP contribution in [0.25, 0.3) is 0 Å². The van der Waals surface area contributed by atoms with Crippen LogP contribution >= 0.6 is 0 Å². The van der Waals surface area contributed by atoms with Gasteiger partial charge >= 0.3 is 0 Å². The molecule has 0 fully saturated rings. The number of likely N-dealkylation sites (N-methyl/N-ethyl adjacent to an activating group) is 1. The Morgan fingerprint density at radius 1 is 1.33 bits per heavy atom. The van der Waals surface area contributed by atoms with Gasteiger partial charge in [0.15, 0.2) is 0 Å². The molecule has 1 rings (SSSR count). The molecule has 0 aromatic heterocycles. The number of rotatable bonds is 8. The van der Waals surface area contributed by atoms with Gasteiger partial charge in [-0.25, -0.2) is 4.39 Å². The second-order valence-electron chi connectivity index (χ2n) is 5.21. The monoisotopic (exact) mass is 295 g/mol. The van der Waals surface area contributed by atoms with Crippen LogP contribution in [0, 0.1) is 5.82 Å². The molecule has 5 heteroatoms. The molecule has 0 saturated carbocycles. The fourth-order valence-corrected chi connectivity index (χ4v) is 2.67. The summed E-state index contributed by atoms with van der Waals surface area (Å²) >= 11 is 0. The van der Waals surface area contributed by atoms with Gasteiger partial charge in [-0.15, -0.1) is 0 Å². The average Bonchev–Trinajstić information content (AvgIpc) is 2.48. The summed E-state index contributed by atoms with van der Waals surface area (Å²) in [5.41, 5.74) is 6.25. The normalized spacial score (nSPS) is 11.7. The lowest BCUT2D eigenvalue weighted by Gasteiger charge is -2.41. The molecule has 3 N–H and O–H groups in total. The predicted molar refractivity (Wildman–Crippen MR) is 84.6 cm³/mol. The second kappa shape index (κ2) is 8.10. The lowest BCUT2D eigenvalue weighted by atomic mass is 9.90. The number of carbonyl (C=O) groups excluding carboxylic acids is 1. The van der Waals surface area contributed by atoms with Crippen LogP contribution in [-0.2, 0) is 4.79 Å². The maximum absolute atomic E-state index is 13.1. The van der Waals surface area contributed by atoms with E-state index in [0.29, 0.717) is 12.2 Å². The molecule has 1 aromatic carbocycles. The molecule has 0 spiro atoms. The van der Waals surface area contributed by atoms with Crippen LogP contribution in [0.1, 0.15) is 33.6 Å². The number of nitrogens with zero attached hydrogens (tertiary/aromatic N) is 1. The van der Waals surface area contributed by atoms with Gasteiger partial charge in [-0.3, -0.25) is 9.69 Å². The van der Waals surface area contributed by atoms with E-state index in [2.05, 4.69) is 24.1 Å². The molecule has 0 bridgehead atoms. The van der Waals surface area contributed by atoms with E-state index in [0.717, 1.165) is 19.4 Å². The first-order chi connectivity index (χ1) is 10.0. The maximum Gasteiger partial charge on any atom is 0.238 e. The van der Waals surface area contributed by atoms with Crippen molar-refractivity contribution in [3.05, 3.63) is 30.1 Å². The van der Waals surface area contributed by atoms with Crippen LogP contribution in [0.3, 0.4) is 0 Å². The SMILES string of the molecule is CCN(CC(=O)Nc1cccc(F)c1)C(CC)(CC)CN. The lowest BCUT2D eigenvalue weighted by molar-refractivity contribution is -0.119. The van der Waals surface area contributed by atoms with Crippen molar-refractivity contribution < 1.29 is 9.18 Å². The zero-order valence-corrected chi connectivity index (χ0v) is 13.2. The summed E-state index contributed by atoms with van der Waals surface area (Å²) < 4.78 is 13.1. The van der Waals surface area contributed by atoms with Crippen molar-refractivity contribution in [1.29, 1.82) is 0 Å². The third-order valence-corrected chi connectivity index (χ3v) is 4.19. The number of anilines is 1. The summed E-state index contributed by atoms with van der Waals surface area (Å²) in [6.07, 6.45) is 1.78. The van der Waals surface area contributed by atoms with Crippen LogP contribution in [0.5, 0.6) is 0 Å². The van der Waals surface area contributed by atoms with Crippen LogP contribution in [0.4, 0.5) is 10.1 Å². The van der Waals surface area contributed by atoms with E-state index in [1.165, 1.54) is 12.1 Å². The molecular weight excluding hydrogens is 269 g/mol. The van der Waals surface area contributed by atoms with Gasteiger partial charge in [0.05, 0.1) is 6.54 Å². The first-order valence-corrected chi connectivity index (χ1v) is 7.51. The Labute approximate surface area is 126 Å². The van der Waals surface area contributed by atoms with Crippen LogP contribution in [0.2, 0.25) is 0 Å². The highest BCUT2D eigenvalue weighted by Crippen LogP contribution is 2.22. The fourth-order valence-electron chi connectivity index (χ4n) is 2.67. The van der Waals surface area contributed by atoms with Gasteiger partial charge in [0.25, 0.3) is 0 Å². The van der Waals surface area contributed by atoms with Crippen LogP contribution < -0.4 is 11.1 Å². The molecule has 0 atom stereocenters. The third-order valence-electron chi connectivity index (χ3n) is 4.19. The smallest absolute Gasteiger partial charge is 0.238 e. The first-order valence-electron chi connectivity index (χ1n) is 7.51. The van der Waals surface area contributed by atoms with Crippen molar-refractivity contribution in [2.75, 3.05) is 25.0 Å². The summed E-state index contributed by atoms with van der Waals surface area (Å²) in [4.78, 5) is 14.3. The van der Waals surface area contributed by atoms with Gasteiger partial charge in [-0.2, -0.15) is 0 Å². The largest absolute Gasteiger partial charge is 0.329 e. The van der Waals surface area contributed by atoms with E-state index in [1.54, 1.807) is 12.1 Å². The van der Waals surface area contributed by atoms with Crippen molar-refractivity contribution in [3.8, 4) is 0 Å². The molecule has 0 radical (unpaired) electrons. The predicted octanol–water partition coefficient (Wildman–Crippen LogP) is 2.60. The van der Waals surface area contributed by atoms with Gasteiger partial charge in [0.2, 0.25) is 5.91 Å². The van der Waals surface area contributed by atoms with E-state index in [9.17, 15) is 9.18 Å². The van der Waals surface area contributed by atoms with E-state index < -0.39 is 0 Å². The standard InChI is InChI=1S/C16H26FN3O/c1-4-16(5-2,12-18)20(6-3)11-15(21)19-14-9-7-8-13(17)10-14/h7-10H,4-6,11-12,18H2,1-3H3,(H,19,21). The number of hydrogen-bond donors (Lipinski definition) is 2. The Morgan fingerprint density at radius 2 is 2.00 bits per heavy atom. The minimum Gasteiger partial charge on any atom is -0.329 e. The number of hydrogen-bond acceptors (Lipinski definition) is 3. The Hall–Kier alpha value is -1.46. The molecule has 21 heavy (non-hydrogen) atoms. The maximum atomic E-state index is 13.1. The topological polar surface area (TPSA) is 58.4 Å². The first kappa shape index (κ1) is 17.6. The number of nitrogens with one attached hydrogen (secondary N) is 1. The number of amides is 1. The Bertz CT molecular complexity index is 452. The van der Waals surface area contributed by atoms with Gasteiger partial charge in [0.1, 0.15) is 5.82 Å². The highest BCUT2D eigenvalue weighted by molar-refractivity contribution is 5.92. The quantitative estimate of drug-likeness (QED) is 0.775. The summed E-state index contributed by atoms with van der Waals surface area (Å²) in [5.74, 6) is -0.513. The van der Waals surface area contributed by atoms with Gasteiger partial charge in [-0.1, -0.05) is 26.8 Å². The highest BCUT2D eigenvalue weighted by atomic mass is 19.1. The molecule has 1 aromatic rings. The van der Waals surface area contributed by atoms with Crippen molar-refractivity contribution in [2.45, 2.75) is 39.2 Å². The summed E-state index contributed by atoms with van der Waals surface area (Å²) in [5, 5.41) is 2.73. The third kappa shape index (κ3) is 4.51. The summed E-state index contributed by atoms with van der Waals surface area (Å²) in [7, 11) is 0. The molecule has 0 unspecified atom stereocenters. The Kier molecular flexibility index (Phi) is 6.78. The lowest BCUT2D eigenvalue weighted by Crippen LogP contribution is -2.55. The van der Waals surface area contributed by atoms with E-state index >= 15 is 0 Å². The van der Waals surface area contributed by atoms with Gasteiger partial charge < -0.3 is 11.1 Å². The summed E-state index contributed by atoms with van der Waals surface area (Å²) in [6, 6.07) is 5.91. The van der Waals surface area contributed by atoms with Crippen molar-refractivity contribution >= 4 is 11.6 Å². The molecule has 0 heterocycles. The van der Waals surface area contributed by atoms with Crippen LogP contribution in [-0.4, -0.2) is 36.0 Å². The van der Waals surface area contributed by atoms with Gasteiger partial charge in [-0.05, 0) is 37.6 Å². The highest BCUT2D eigenvalue weighted by Gasteiger charge is 2.32. The van der Waals surface area contributed by atoms with E-state index in [1.807, 2.05) is 6.92 Å². The molecule has 1 amide bonds. The number of halogens is 1.